The monoisotopic (exact) mass is 149 g/mol. The molecule has 0 aliphatic heterocycles. The van der Waals surface area contributed by atoms with E-state index in [9.17, 15) is 4.79 Å². The van der Waals surface area contributed by atoms with Crippen molar-refractivity contribution in [2.24, 2.45) is 11.5 Å². The molecule has 3 heteroatoms. The van der Waals surface area contributed by atoms with Crippen LogP contribution < -0.4 is 11.5 Å². The Kier molecular flexibility index (Phi) is 2.23. The van der Waals surface area contributed by atoms with Crippen LogP contribution in [0.2, 0.25) is 0 Å². The largest absolute Gasteiger partial charge is 0.368 e. The second kappa shape index (κ2) is 3.16. The molecule has 0 atom stereocenters. The van der Waals surface area contributed by atoms with Gasteiger partial charge in [-0.05, 0) is 5.56 Å². The van der Waals surface area contributed by atoms with Crippen molar-refractivity contribution in [3.05, 3.63) is 41.9 Å². The summed E-state index contributed by atoms with van der Waals surface area (Å²) in [6.45, 7) is 0. The highest BCUT2D eigenvalue weighted by atomic mass is 16.1. The van der Waals surface area contributed by atoms with Crippen molar-refractivity contribution in [1.29, 1.82) is 0 Å². The maximum atomic E-state index is 10.6. The number of carbonyl (C=O) groups is 1. The van der Waals surface area contributed by atoms with Crippen LogP contribution in [0.3, 0.4) is 0 Å². The molecule has 11 heavy (non-hydrogen) atoms. The summed E-state index contributed by atoms with van der Waals surface area (Å²) in [5.74, 6) is -0.587. The van der Waals surface area contributed by atoms with Crippen LogP contribution in [0.4, 0.5) is 0 Å². The van der Waals surface area contributed by atoms with Crippen molar-refractivity contribution in [3.63, 3.8) is 0 Å². The van der Waals surface area contributed by atoms with Gasteiger partial charge in [0.25, 0.3) is 0 Å². The average molecular weight is 149 g/mol. The zero-order valence-corrected chi connectivity index (χ0v) is 5.95. The van der Waals surface area contributed by atoms with E-state index < -0.39 is 5.91 Å². The molecule has 1 aromatic rings. The average Bonchev–Trinajstić information content (AvgIpc) is 2.05. The molecule has 1 aromatic carbocycles. The summed E-state index contributed by atoms with van der Waals surface area (Å²) in [6, 6.07) is 9.01. The number of rotatable bonds is 2. The highest BCUT2D eigenvalue weighted by Crippen LogP contribution is 2.06. The van der Waals surface area contributed by atoms with Gasteiger partial charge in [0, 0.05) is 0 Å². The molecule has 1 radical (unpaired) electrons. The molecule has 0 spiro atoms. The SMILES string of the molecule is N[C](C(N)=O)c1ccccc1. The minimum Gasteiger partial charge on any atom is -0.368 e. The molecule has 0 aromatic heterocycles. The van der Waals surface area contributed by atoms with Gasteiger partial charge in [0.2, 0.25) is 5.91 Å². The van der Waals surface area contributed by atoms with Gasteiger partial charge in [-0.1, -0.05) is 30.3 Å². The van der Waals surface area contributed by atoms with Gasteiger partial charge in [-0.3, -0.25) is 4.79 Å². The van der Waals surface area contributed by atoms with Crippen molar-refractivity contribution in [3.8, 4) is 0 Å². The van der Waals surface area contributed by atoms with Crippen molar-refractivity contribution in [2.75, 3.05) is 0 Å². The molecule has 0 heterocycles. The number of hydrogen-bond donors (Lipinski definition) is 2. The van der Waals surface area contributed by atoms with Crippen LogP contribution in [-0.4, -0.2) is 5.91 Å². The normalized spacial score (nSPS) is 10.0. The topological polar surface area (TPSA) is 69.1 Å². The van der Waals surface area contributed by atoms with Crippen molar-refractivity contribution in [1.82, 2.24) is 0 Å². The molecule has 0 unspecified atom stereocenters. The lowest BCUT2D eigenvalue weighted by molar-refractivity contribution is -0.116. The summed E-state index contributed by atoms with van der Waals surface area (Å²) in [5, 5.41) is 0. The third-order valence-corrected chi connectivity index (χ3v) is 1.35. The maximum absolute atomic E-state index is 10.6. The number of primary amides is 1. The standard InChI is InChI=1S/C8H9N2O/c9-7(8(10)11)6-4-2-1-3-5-6/h1-5H,9H2,(H2,10,11). The van der Waals surface area contributed by atoms with E-state index in [0.29, 0.717) is 5.56 Å². The Morgan fingerprint density at radius 3 is 2.09 bits per heavy atom. The number of carbonyl (C=O) groups excluding carboxylic acids is 1. The number of amides is 1. The molecule has 4 N–H and O–H groups in total. The van der Waals surface area contributed by atoms with E-state index in [-0.39, 0.29) is 6.04 Å². The molecule has 57 valence electrons. The van der Waals surface area contributed by atoms with E-state index in [1.54, 1.807) is 24.3 Å². The minimum atomic E-state index is -0.587. The molecule has 0 saturated carbocycles. The first-order chi connectivity index (χ1) is 5.22. The number of nitrogens with two attached hydrogens (primary N) is 2. The Balaban J connectivity index is 2.85. The quantitative estimate of drug-likeness (QED) is 0.622. The summed E-state index contributed by atoms with van der Waals surface area (Å²) in [5.41, 5.74) is 11.0. The lowest BCUT2D eigenvalue weighted by atomic mass is 10.1. The van der Waals surface area contributed by atoms with Crippen molar-refractivity contribution >= 4 is 5.91 Å². The van der Waals surface area contributed by atoms with E-state index in [2.05, 4.69) is 0 Å². The maximum Gasteiger partial charge on any atom is 0.244 e. The van der Waals surface area contributed by atoms with Crippen LogP contribution in [0.25, 0.3) is 0 Å². The molecular formula is C8H9N2O. The fraction of sp³-hybridized carbons (Fsp3) is 0. The van der Waals surface area contributed by atoms with Gasteiger partial charge >= 0.3 is 0 Å². The van der Waals surface area contributed by atoms with Gasteiger partial charge in [0.05, 0.1) is 0 Å². The Bertz CT molecular complexity index is 246. The molecule has 1 amide bonds. The van der Waals surface area contributed by atoms with Crippen LogP contribution in [0, 0.1) is 6.04 Å². The van der Waals surface area contributed by atoms with Crippen LogP contribution in [0.1, 0.15) is 5.56 Å². The van der Waals surface area contributed by atoms with Crippen LogP contribution >= 0.6 is 0 Å². The van der Waals surface area contributed by atoms with Gasteiger partial charge in [-0.2, -0.15) is 0 Å². The van der Waals surface area contributed by atoms with Gasteiger partial charge < -0.3 is 11.5 Å². The minimum absolute atomic E-state index is 0.102. The molecule has 0 aliphatic carbocycles. The third kappa shape index (κ3) is 1.78. The van der Waals surface area contributed by atoms with Crippen LogP contribution in [-0.2, 0) is 4.79 Å². The Morgan fingerprint density at radius 1 is 1.09 bits per heavy atom. The first-order valence-electron chi connectivity index (χ1n) is 3.19. The molecule has 0 saturated heterocycles. The predicted molar refractivity (Wildman–Crippen MR) is 42.2 cm³/mol. The summed E-state index contributed by atoms with van der Waals surface area (Å²) in [4.78, 5) is 10.6. The molecule has 0 aliphatic rings. The van der Waals surface area contributed by atoms with Crippen molar-refractivity contribution < 1.29 is 4.79 Å². The molecule has 1 rings (SSSR count). The van der Waals surface area contributed by atoms with Crippen LogP contribution in [0.5, 0.6) is 0 Å². The van der Waals surface area contributed by atoms with Gasteiger partial charge in [-0.15, -0.1) is 0 Å². The fourth-order valence-electron chi connectivity index (χ4n) is 0.760. The molecule has 0 bridgehead atoms. The first kappa shape index (κ1) is 7.75. The highest BCUT2D eigenvalue weighted by molar-refractivity contribution is 5.91. The Morgan fingerprint density at radius 2 is 1.64 bits per heavy atom. The molecule has 3 nitrogen and oxygen atoms in total. The summed E-state index contributed by atoms with van der Waals surface area (Å²) in [7, 11) is 0. The fourth-order valence-corrected chi connectivity index (χ4v) is 0.760. The zero-order chi connectivity index (χ0) is 8.27. The van der Waals surface area contributed by atoms with E-state index in [0.717, 1.165) is 0 Å². The summed E-state index contributed by atoms with van der Waals surface area (Å²) in [6.07, 6.45) is 0. The van der Waals surface area contributed by atoms with Gasteiger partial charge in [-0.25, -0.2) is 0 Å². The lowest BCUT2D eigenvalue weighted by Crippen LogP contribution is -2.28. The summed E-state index contributed by atoms with van der Waals surface area (Å²) >= 11 is 0. The summed E-state index contributed by atoms with van der Waals surface area (Å²) < 4.78 is 0. The van der Waals surface area contributed by atoms with E-state index >= 15 is 0 Å². The van der Waals surface area contributed by atoms with Crippen molar-refractivity contribution in [2.45, 2.75) is 0 Å². The third-order valence-electron chi connectivity index (χ3n) is 1.35. The molecular weight excluding hydrogens is 140 g/mol. The highest BCUT2D eigenvalue weighted by Gasteiger charge is 2.11. The van der Waals surface area contributed by atoms with E-state index in [1.165, 1.54) is 0 Å². The smallest absolute Gasteiger partial charge is 0.244 e. The first-order valence-corrected chi connectivity index (χ1v) is 3.19. The Hall–Kier alpha value is -1.35. The predicted octanol–water partition coefficient (Wildman–Crippen LogP) is 0.0107. The second-order valence-corrected chi connectivity index (χ2v) is 2.14. The van der Waals surface area contributed by atoms with Crippen LogP contribution in [0.15, 0.2) is 30.3 Å². The Labute approximate surface area is 65.0 Å². The van der Waals surface area contributed by atoms with E-state index in [1.807, 2.05) is 6.07 Å². The van der Waals surface area contributed by atoms with E-state index in [4.69, 9.17) is 11.5 Å². The van der Waals surface area contributed by atoms with Gasteiger partial charge in [0.15, 0.2) is 6.04 Å². The number of hydrogen-bond acceptors (Lipinski definition) is 2. The lowest BCUT2D eigenvalue weighted by Gasteiger charge is -2.04. The number of benzene rings is 1. The second-order valence-electron chi connectivity index (χ2n) is 2.14. The van der Waals surface area contributed by atoms with Gasteiger partial charge in [0.1, 0.15) is 0 Å². The molecule has 0 fully saturated rings. The zero-order valence-electron chi connectivity index (χ0n) is 5.95.